The molecule has 0 aliphatic rings. The second-order valence-corrected chi connectivity index (χ2v) is 2.30. The van der Waals surface area contributed by atoms with Gasteiger partial charge in [0.1, 0.15) is 14.1 Å². The third-order valence-electron chi connectivity index (χ3n) is 1.51. The Balaban J connectivity index is 3.22. The first-order valence-corrected chi connectivity index (χ1v) is 3.24. The molecule has 3 heteroatoms. The van der Waals surface area contributed by atoms with Crippen LogP contribution in [0.4, 0.5) is 0 Å². The lowest BCUT2D eigenvalue weighted by atomic mass is 9.90. The van der Waals surface area contributed by atoms with Crippen LogP contribution in [0.2, 0.25) is 0 Å². The molecule has 0 saturated carbocycles. The Morgan fingerprint density at radius 3 is 2.73 bits per heavy atom. The van der Waals surface area contributed by atoms with E-state index in [0.29, 0.717) is 11.1 Å². The summed E-state index contributed by atoms with van der Waals surface area (Å²) in [6.45, 7) is 0. The number of nitrogens with zero attached hydrogens (tertiary/aromatic N) is 1. The first-order chi connectivity index (χ1) is 5.27. The van der Waals surface area contributed by atoms with Gasteiger partial charge in [0.05, 0.1) is 6.07 Å². The van der Waals surface area contributed by atoms with E-state index in [9.17, 15) is 4.79 Å². The van der Waals surface area contributed by atoms with Crippen molar-refractivity contribution in [3.63, 3.8) is 0 Å². The van der Waals surface area contributed by atoms with E-state index in [1.54, 1.807) is 18.2 Å². The lowest BCUT2D eigenvalue weighted by Gasteiger charge is -1.95. The van der Waals surface area contributed by atoms with Gasteiger partial charge in [0.2, 0.25) is 0 Å². The van der Waals surface area contributed by atoms with Crippen molar-refractivity contribution in [1.82, 2.24) is 0 Å². The fraction of sp³-hybridized carbons (Fsp3) is 0. The Kier molecular flexibility index (Phi) is 2.07. The van der Waals surface area contributed by atoms with Gasteiger partial charge in [-0.25, -0.2) is 0 Å². The number of hydrogen-bond donors (Lipinski definition) is 0. The largest absolute Gasteiger partial charge is 0.298 e. The summed E-state index contributed by atoms with van der Waals surface area (Å²) in [5, 5.41) is 8.54. The van der Waals surface area contributed by atoms with E-state index in [4.69, 9.17) is 5.26 Å². The van der Waals surface area contributed by atoms with Crippen molar-refractivity contribution in [2.45, 2.75) is 0 Å². The molecule has 1 aromatic carbocycles. The molecule has 0 N–H and O–H groups in total. The zero-order valence-electron chi connectivity index (χ0n) is 6.16. The monoisotopic (exact) mass is 143 g/mol. The number of nitriles is 1. The van der Waals surface area contributed by atoms with Crippen molar-refractivity contribution in [2.24, 2.45) is 0 Å². The minimum atomic E-state index is 0.613. The Morgan fingerprint density at radius 1 is 1.55 bits per heavy atom. The first kappa shape index (κ1) is 7.55. The second kappa shape index (κ2) is 3.02. The molecule has 0 bridgehead atoms. The van der Waals surface area contributed by atoms with Crippen LogP contribution in [0.15, 0.2) is 18.2 Å². The summed E-state index contributed by atoms with van der Waals surface area (Å²) in [6, 6.07) is 7.02. The van der Waals surface area contributed by atoms with Crippen molar-refractivity contribution in [2.75, 3.05) is 0 Å². The molecule has 0 saturated heterocycles. The predicted octanol–water partition coefficient (Wildman–Crippen LogP) is -0.371. The van der Waals surface area contributed by atoms with Crippen LogP contribution in [0.5, 0.6) is 0 Å². The molecule has 0 atom stereocenters. The third-order valence-corrected chi connectivity index (χ3v) is 1.51. The highest BCUT2D eigenvalue weighted by Gasteiger charge is 1.96. The van der Waals surface area contributed by atoms with Gasteiger partial charge in [-0.05, 0) is 6.07 Å². The molecule has 0 spiro atoms. The molecule has 0 unspecified atom stereocenters. The molecular weight excluding hydrogens is 137 g/mol. The number of benzene rings is 1. The maximum Gasteiger partial charge on any atom is 0.150 e. The van der Waals surface area contributed by atoms with E-state index < -0.39 is 0 Å². The number of carbonyl (C=O) groups excluding carboxylic acids is 1. The Bertz CT molecular complexity index is 327. The summed E-state index contributed by atoms with van der Waals surface area (Å²) >= 11 is 0. The van der Waals surface area contributed by atoms with Crippen molar-refractivity contribution in [1.29, 1.82) is 5.26 Å². The average Bonchev–Trinajstić information content (AvgIpc) is 2.04. The topological polar surface area (TPSA) is 40.9 Å². The molecule has 0 radical (unpaired) electrons. The van der Waals surface area contributed by atoms with E-state index in [1.165, 1.54) is 0 Å². The Labute approximate surface area is 65.9 Å². The fourth-order valence-corrected chi connectivity index (χ4v) is 0.886. The molecule has 0 heterocycles. The maximum atomic E-state index is 10.3. The van der Waals surface area contributed by atoms with Crippen LogP contribution < -0.4 is 5.46 Å². The Hall–Kier alpha value is -1.56. The average molecular weight is 143 g/mol. The van der Waals surface area contributed by atoms with Gasteiger partial charge in [-0.2, -0.15) is 5.26 Å². The van der Waals surface area contributed by atoms with E-state index in [0.717, 1.165) is 11.7 Å². The summed E-state index contributed by atoms with van der Waals surface area (Å²) < 4.78 is 0. The fourth-order valence-electron chi connectivity index (χ4n) is 0.886. The van der Waals surface area contributed by atoms with Gasteiger partial charge in [0.15, 0.2) is 0 Å². The predicted molar refractivity (Wildman–Crippen MR) is 44.7 cm³/mol. The highest BCUT2D eigenvalue weighted by molar-refractivity contribution is 6.34. The quantitative estimate of drug-likeness (QED) is 0.397. The number of carbonyl (C=O) groups is 1. The van der Waals surface area contributed by atoms with Crippen LogP contribution in [0.1, 0.15) is 15.9 Å². The van der Waals surface area contributed by atoms with Crippen molar-refractivity contribution >= 4 is 19.6 Å². The molecule has 0 aliphatic carbocycles. The van der Waals surface area contributed by atoms with Crippen molar-refractivity contribution in [3.05, 3.63) is 29.3 Å². The summed E-state index contributed by atoms with van der Waals surface area (Å²) in [5.74, 6) is 0. The van der Waals surface area contributed by atoms with Crippen LogP contribution in [-0.2, 0) is 0 Å². The zero-order valence-corrected chi connectivity index (χ0v) is 6.16. The highest BCUT2D eigenvalue weighted by Crippen LogP contribution is 1.96. The van der Waals surface area contributed by atoms with Gasteiger partial charge in [-0.3, -0.25) is 4.79 Å². The zero-order chi connectivity index (χ0) is 8.27. The van der Waals surface area contributed by atoms with Crippen LogP contribution in [0.25, 0.3) is 0 Å². The minimum Gasteiger partial charge on any atom is -0.298 e. The summed E-state index contributed by atoms with van der Waals surface area (Å²) in [4.78, 5) is 10.3. The molecule has 0 aromatic heterocycles. The smallest absolute Gasteiger partial charge is 0.150 e. The molecule has 1 rings (SSSR count). The molecule has 0 aliphatic heterocycles. The highest BCUT2D eigenvalue weighted by atomic mass is 16.1. The molecule has 11 heavy (non-hydrogen) atoms. The molecule has 1 aromatic rings. The van der Waals surface area contributed by atoms with Gasteiger partial charge in [0, 0.05) is 11.1 Å². The van der Waals surface area contributed by atoms with Crippen LogP contribution >= 0.6 is 0 Å². The Morgan fingerprint density at radius 2 is 2.27 bits per heavy atom. The van der Waals surface area contributed by atoms with Gasteiger partial charge in [-0.15, -0.1) is 0 Å². The normalized spacial score (nSPS) is 8.64. The van der Waals surface area contributed by atoms with Gasteiger partial charge in [0.25, 0.3) is 0 Å². The summed E-state index contributed by atoms with van der Waals surface area (Å²) in [6.07, 6.45) is 0.772. The summed E-state index contributed by atoms with van der Waals surface area (Å²) in [7, 11) is 1.81. The maximum absolute atomic E-state index is 10.3. The van der Waals surface area contributed by atoms with Crippen LogP contribution in [-0.4, -0.2) is 14.1 Å². The number of rotatable bonds is 1. The standard InChI is InChI=1S/C8H6BNO/c9-8-3-6(5-11)1-2-7(8)4-10/h1-3,5H,9H2. The number of aldehydes is 1. The van der Waals surface area contributed by atoms with E-state index >= 15 is 0 Å². The lowest BCUT2D eigenvalue weighted by Crippen LogP contribution is -2.08. The molecular formula is C8H6BNO. The van der Waals surface area contributed by atoms with Gasteiger partial charge < -0.3 is 0 Å². The van der Waals surface area contributed by atoms with E-state index in [2.05, 4.69) is 0 Å². The van der Waals surface area contributed by atoms with E-state index in [1.807, 2.05) is 13.9 Å². The first-order valence-electron chi connectivity index (χ1n) is 3.24. The second-order valence-electron chi connectivity index (χ2n) is 2.30. The van der Waals surface area contributed by atoms with Gasteiger partial charge in [-0.1, -0.05) is 17.6 Å². The lowest BCUT2D eigenvalue weighted by molar-refractivity contribution is 0.112. The molecule has 0 fully saturated rings. The molecule has 2 nitrogen and oxygen atoms in total. The van der Waals surface area contributed by atoms with E-state index in [-0.39, 0.29) is 0 Å². The molecule has 52 valence electrons. The van der Waals surface area contributed by atoms with Crippen LogP contribution in [0.3, 0.4) is 0 Å². The summed E-state index contributed by atoms with van der Waals surface area (Å²) in [5.41, 5.74) is 2.08. The van der Waals surface area contributed by atoms with Crippen molar-refractivity contribution in [3.8, 4) is 6.07 Å². The SMILES string of the molecule is Bc1cc(C=O)ccc1C#N. The van der Waals surface area contributed by atoms with Gasteiger partial charge >= 0.3 is 0 Å². The minimum absolute atomic E-state index is 0.613. The molecule has 0 amide bonds. The third kappa shape index (κ3) is 1.47. The van der Waals surface area contributed by atoms with Crippen molar-refractivity contribution < 1.29 is 4.79 Å². The van der Waals surface area contributed by atoms with Crippen LogP contribution in [0, 0.1) is 11.3 Å². The number of hydrogen-bond acceptors (Lipinski definition) is 2.